The fourth-order valence-electron chi connectivity index (χ4n) is 7.29. The van der Waals surface area contributed by atoms with Crippen molar-refractivity contribution < 1.29 is 8.78 Å². The van der Waals surface area contributed by atoms with E-state index >= 15 is 0 Å². The second-order valence-corrected chi connectivity index (χ2v) is 12.8. The highest BCUT2D eigenvalue weighted by atomic mass is 19.1. The molecule has 0 radical (unpaired) electrons. The number of hydrogen-bond acceptors (Lipinski definition) is 3. The van der Waals surface area contributed by atoms with E-state index < -0.39 is 0 Å². The summed E-state index contributed by atoms with van der Waals surface area (Å²) in [6.07, 6.45) is 0. The van der Waals surface area contributed by atoms with Crippen LogP contribution in [0.3, 0.4) is 0 Å². The minimum atomic E-state index is -0.352. The first kappa shape index (κ1) is 29.9. The van der Waals surface area contributed by atoms with Crippen molar-refractivity contribution in [2.24, 2.45) is 0 Å². The Labute approximate surface area is 296 Å². The van der Waals surface area contributed by atoms with E-state index in [2.05, 4.69) is 106 Å². The Bertz CT molecular complexity index is 2900. The van der Waals surface area contributed by atoms with Gasteiger partial charge in [0.2, 0.25) is 5.95 Å². The van der Waals surface area contributed by atoms with Gasteiger partial charge in [-0.15, -0.1) is 0 Å². The molecule has 246 valence electrons. The van der Waals surface area contributed by atoms with Gasteiger partial charge in [0.1, 0.15) is 11.6 Å². The van der Waals surface area contributed by atoms with E-state index in [0.717, 1.165) is 49.7 Å². The van der Waals surface area contributed by atoms with Gasteiger partial charge >= 0.3 is 0 Å². The van der Waals surface area contributed by atoms with Crippen molar-refractivity contribution in [2.75, 3.05) is 0 Å². The first-order chi connectivity index (χ1) is 25.6. The highest BCUT2D eigenvalue weighted by Crippen LogP contribution is 2.38. The van der Waals surface area contributed by atoms with Crippen LogP contribution in [0.4, 0.5) is 8.78 Å². The van der Waals surface area contributed by atoms with Crippen LogP contribution in [-0.4, -0.2) is 24.1 Å². The standard InChI is InChI=1S/C45H27F2N5/c46-32-20-14-28(15-21-32)43-48-44(29-16-22-33(47)23-17-29)50-45(49-43)52-40-13-7-4-10-35(40)37-24-18-31(27-42(37)52)30-19-25-41-38(26-30)36-11-5-6-12-39(36)51(41)34-8-2-1-3-9-34/h1-27H. The van der Waals surface area contributed by atoms with Crippen LogP contribution < -0.4 is 0 Å². The molecule has 52 heavy (non-hydrogen) atoms. The molecule has 0 aliphatic carbocycles. The summed E-state index contributed by atoms with van der Waals surface area (Å²) in [5.74, 6) is 0.459. The number of halogens is 2. The highest BCUT2D eigenvalue weighted by Gasteiger charge is 2.19. The Morgan fingerprint density at radius 3 is 1.48 bits per heavy atom. The monoisotopic (exact) mass is 675 g/mol. The predicted octanol–water partition coefficient (Wildman–Crippen LogP) is 11.3. The van der Waals surface area contributed by atoms with Gasteiger partial charge in [-0.1, -0.05) is 72.8 Å². The van der Waals surface area contributed by atoms with Crippen molar-refractivity contribution in [3.63, 3.8) is 0 Å². The summed E-state index contributed by atoms with van der Waals surface area (Å²) < 4.78 is 32.3. The molecule has 3 aromatic heterocycles. The normalized spacial score (nSPS) is 11.7. The largest absolute Gasteiger partial charge is 0.309 e. The molecule has 0 N–H and O–H groups in total. The van der Waals surface area contributed by atoms with Crippen LogP contribution in [0, 0.1) is 11.6 Å². The average Bonchev–Trinajstić information content (AvgIpc) is 3.71. The first-order valence-corrected chi connectivity index (χ1v) is 17.0. The number of aromatic nitrogens is 5. The molecule has 7 aromatic carbocycles. The fraction of sp³-hybridized carbons (Fsp3) is 0. The number of benzene rings is 7. The zero-order valence-electron chi connectivity index (χ0n) is 27.6. The summed E-state index contributed by atoms with van der Waals surface area (Å²) in [4.78, 5) is 14.7. The van der Waals surface area contributed by atoms with E-state index in [9.17, 15) is 8.78 Å². The molecule has 0 spiro atoms. The summed E-state index contributed by atoms with van der Waals surface area (Å²) in [7, 11) is 0. The average molecular weight is 676 g/mol. The zero-order valence-corrected chi connectivity index (χ0v) is 27.6. The third-order valence-corrected chi connectivity index (χ3v) is 9.72. The van der Waals surface area contributed by atoms with Gasteiger partial charge in [0.25, 0.3) is 0 Å². The van der Waals surface area contributed by atoms with Gasteiger partial charge in [0.05, 0.1) is 22.1 Å². The van der Waals surface area contributed by atoms with E-state index in [1.807, 2.05) is 18.2 Å². The molecule has 0 fully saturated rings. The second-order valence-electron chi connectivity index (χ2n) is 12.8. The second kappa shape index (κ2) is 11.8. The van der Waals surface area contributed by atoms with Gasteiger partial charge in [-0.25, -0.2) is 13.8 Å². The molecular formula is C45H27F2N5. The Morgan fingerprint density at radius 1 is 0.346 bits per heavy atom. The molecule has 5 nitrogen and oxygen atoms in total. The van der Waals surface area contributed by atoms with Gasteiger partial charge in [-0.3, -0.25) is 4.57 Å². The lowest BCUT2D eigenvalue weighted by Crippen LogP contribution is -2.06. The van der Waals surface area contributed by atoms with Gasteiger partial charge in [0, 0.05) is 38.4 Å². The Balaban J connectivity index is 1.20. The van der Waals surface area contributed by atoms with Gasteiger partial charge < -0.3 is 4.57 Å². The number of hydrogen-bond donors (Lipinski definition) is 0. The summed E-state index contributed by atoms with van der Waals surface area (Å²) in [6.45, 7) is 0. The van der Waals surface area contributed by atoms with E-state index in [1.54, 1.807) is 24.3 Å². The van der Waals surface area contributed by atoms with Crippen LogP contribution in [0.15, 0.2) is 164 Å². The lowest BCUT2D eigenvalue weighted by molar-refractivity contribution is 0.627. The molecule has 0 aliphatic rings. The van der Waals surface area contributed by atoms with Crippen molar-refractivity contribution in [1.29, 1.82) is 0 Å². The molecule has 7 heteroatoms. The first-order valence-electron chi connectivity index (χ1n) is 17.0. The van der Waals surface area contributed by atoms with Crippen molar-refractivity contribution >= 4 is 43.6 Å². The van der Waals surface area contributed by atoms with E-state index in [4.69, 9.17) is 15.0 Å². The summed E-state index contributed by atoms with van der Waals surface area (Å²) in [5.41, 5.74) is 8.65. The van der Waals surface area contributed by atoms with Gasteiger partial charge in [0.15, 0.2) is 11.6 Å². The minimum absolute atomic E-state index is 0.352. The Morgan fingerprint density at radius 2 is 0.827 bits per heavy atom. The SMILES string of the molecule is Fc1ccc(-c2nc(-c3ccc(F)cc3)nc(-n3c4ccccc4c4ccc(-c5ccc6c(c5)c5ccccc5n6-c5ccccc5)cc43)n2)cc1. The maximum Gasteiger partial charge on any atom is 0.238 e. The Kier molecular flexibility index (Phi) is 6.79. The highest BCUT2D eigenvalue weighted by molar-refractivity contribution is 6.12. The molecule has 0 atom stereocenters. The van der Waals surface area contributed by atoms with Crippen LogP contribution in [0.1, 0.15) is 0 Å². The molecule has 0 bridgehead atoms. The van der Waals surface area contributed by atoms with E-state index in [0.29, 0.717) is 28.7 Å². The van der Waals surface area contributed by atoms with Crippen LogP contribution in [0.25, 0.3) is 89.2 Å². The molecule has 10 rings (SSSR count). The lowest BCUT2D eigenvalue weighted by Gasteiger charge is -2.11. The molecule has 10 aromatic rings. The van der Waals surface area contributed by atoms with E-state index in [-0.39, 0.29) is 11.6 Å². The number of fused-ring (bicyclic) bond motifs is 6. The van der Waals surface area contributed by atoms with Crippen molar-refractivity contribution in [3.05, 3.63) is 175 Å². The predicted molar refractivity (Wildman–Crippen MR) is 205 cm³/mol. The fourth-order valence-corrected chi connectivity index (χ4v) is 7.29. The zero-order chi connectivity index (χ0) is 34.8. The van der Waals surface area contributed by atoms with Gasteiger partial charge in [-0.05, 0) is 102 Å². The van der Waals surface area contributed by atoms with Crippen molar-refractivity contribution in [1.82, 2.24) is 24.1 Å². The van der Waals surface area contributed by atoms with Crippen LogP contribution in [-0.2, 0) is 0 Å². The summed E-state index contributed by atoms with van der Waals surface area (Å²) in [5, 5.41) is 4.46. The minimum Gasteiger partial charge on any atom is -0.309 e. The smallest absolute Gasteiger partial charge is 0.238 e. The molecule has 0 unspecified atom stereocenters. The molecular weight excluding hydrogens is 649 g/mol. The lowest BCUT2D eigenvalue weighted by atomic mass is 10.0. The quantitative estimate of drug-likeness (QED) is 0.182. The van der Waals surface area contributed by atoms with Crippen LogP contribution >= 0.6 is 0 Å². The maximum absolute atomic E-state index is 14.0. The van der Waals surface area contributed by atoms with Crippen molar-refractivity contribution in [3.8, 4) is 45.5 Å². The molecule has 0 aliphatic heterocycles. The van der Waals surface area contributed by atoms with Crippen LogP contribution in [0.5, 0.6) is 0 Å². The van der Waals surface area contributed by atoms with Crippen LogP contribution in [0.2, 0.25) is 0 Å². The molecule has 0 amide bonds. The molecule has 0 saturated carbocycles. The summed E-state index contributed by atoms with van der Waals surface area (Å²) >= 11 is 0. The Hall–Kier alpha value is -6.99. The maximum atomic E-state index is 14.0. The number of para-hydroxylation sites is 3. The van der Waals surface area contributed by atoms with Gasteiger partial charge in [-0.2, -0.15) is 9.97 Å². The number of nitrogens with zero attached hydrogens (tertiary/aromatic N) is 5. The van der Waals surface area contributed by atoms with E-state index in [1.165, 1.54) is 35.0 Å². The topological polar surface area (TPSA) is 48.5 Å². The molecule has 3 heterocycles. The van der Waals surface area contributed by atoms with Crippen molar-refractivity contribution in [2.45, 2.75) is 0 Å². The third-order valence-electron chi connectivity index (χ3n) is 9.72. The molecule has 0 saturated heterocycles. The third kappa shape index (κ3) is 4.86. The summed E-state index contributed by atoms with van der Waals surface area (Å²) in [6, 6.07) is 52.4. The number of rotatable bonds is 5.